The third-order valence-corrected chi connectivity index (χ3v) is 4.55. The highest BCUT2D eigenvalue weighted by Gasteiger charge is 2.35. The molecule has 2 unspecified atom stereocenters. The summed E-state index contributed by atoms with van der Waals surface area (Å²) < 4.78 is 5.63. The van der Waals surface area contributed by atoms with Gasteiger partial charge < -0.3 is 20.5 Å². The van der Waals surface area contributed by atoms with Crippen LogP contribution in [-0.4, -0.2) is 55.0 Å². The fourth-order valence-electron chi connectivity index (χ4n) is 3.21. The van der Waals surface area contributed by atoms with Crippen LogP contribution in [0, 0.1) is 5.41 Å². The first kappa shape index (κ1) is 14.3. The molecule has 2 aliphatic heterocycles. The van der Waals surface area contributed by atoms with Crippen LogP contribution in [0.25, 0.3) is 0 Å². The zero-order chi connectivity index (χ0) is 13.1. The van der Waals surface area contributed by atoms with E-state index in [1.54, 1.807) is 0 Å². The maximum atomic E-state index is 10.1. The minimum atomic E-state index is -0.478. The van der Waals surface area contributed by atoms with Crippen molar-refractivity contribution in [2.24, 2.45) is 11.1 Å². The van der Waals surface area contributed by atoms with Gasteiger partial charge in [-0.25, -0.2) is 0 Å². The van der Waals surface area contributed by atoms with Crippen LogP contribution in [0.1, 0.15) is 39.0 Å². The van der Waals surface area contributed by atoms with Crippen molar-refractivity contribution in [2.45, 2.75) is 44.6 Å². The van der Waals surface area contributed by atoms with Crippen molar-refractivity contribution in [3.05, 3.63) is 0 Å². The molecule has 4 heteroatoms. The summed E-state index contributed by atoms with van der Waals surface area (Å²) in [6, 6.07) is 0. The largest absolute Gasteiger partial charge is 0.390 e. The molecule has 2 aliphatic rings. The van der Waals surface area contributed by atoms with Crippen molar-refractivity contribution >= 4 is 0 Å². The van der Waals surface area contributed by atoms with Gasteiger partial charge in [0.05, 0.1) is 12.2 Å². The van der Waals surface area contributed by atoms with E-state index in [-0.39, 0.29) is 5.41 Å². The van der Waals surface area contributed by atoms with Crippen LogP contribution in [0.2, 0.25) is 0 Å². The lowest BCUT2D eigenvalue weighted by molar-refractivity contribution is -0.0228. The Morgan fingerprint density at radius 2 is 2.06 bits per heavy atom. The first-order chi connectivity index (χ1) is 8.55. The molecule has 0 amide bonds. The Labute approximate surface area is 110 Å². The third-order valence-electron chi connectivity index (χ3n) is 4.55. The van der Waals surface area contributed by atoms with E-state index < -0.39 is 5.60 Å². The molecule has 0 aliphatic carbocycles. The lowest BCUT2D eigenvalue weighted by Gasteiger charge is -2.40. The van der Waals surface area contributed by atoms with E-state index in [0.717, 1.165) is 58.5 Å². The highest BCUT2D eigenvalue weighted by Crippen LogP contribution is 2.30. The summed E-state index contributed by atoms with van der Waals surface area (Å²) in [5.74, 6) is 0. The molecule has 3 N–H and O–H groups in total. The molecule has 106 valence electrons. The number of aliphatic hydroxyl groups is 1. The van der Waals surface area contributed by atoms with E-state index in [2.05, 4.69) is 4.90 Å². The van der Waals surface area contributed by atoms with Crippen LogP contribution >= 0.6 is 0 Å². The lowest BCUT2D eigenvalue weighted by atomic mass is 9.82. The van der Waals surface area contributed by atoms with Crippen LogP contribution in [0.3, 0.4) is 0 Å². The molecule has 0 aromatic heterocycles. The van der Waals surface area contributed by atoms with Gasteiger partial charge >= 0.3 is 0 Å². The van der Waals surface area contributed by atoms with Gasteiger partial charge in [0.25, 0.3) is 0 Å². The minimum Gasteiger partial charge on any atom is -0.390 e. The predicted molar refractivity (Wildman–Crippen MR) is 72.5 cm³/mol. The monoisotopic (exact) mass is 256 g/mol. The van der Waals surface area contributed by atoms with Crippen molar-refractivity contribution in [2.75, 3.05) is 39.4 Å². The highest BCUT2D eigenvalue weighted by atomic mass is 16.5. The van der Waals surface area contributed by atoms with Crippen LogP contribution in [0.15, 0.2) is 0 Å². The molecule has 0 aromatic carbocycles. The van der Waals surface area contributed by atoms with E-state index >= 15 is 0 Å². The molecule has 18 heavy (non-hydrogen) atoms. The third kappa shape index (κ3) is 3.67. The summed E-state index contributed by atoms with van der Waals surface area (Å²) in [6.45, 7) is 7.44. The average Bonchev–Trinajstić information content (AvgIpc) is 2.52. The lowest BCUT2D eigenvalue weighted by Crippen LogP contribution is -2.48. The number of likely N-dealkylation sites (tertiary alicyclic amines) is 1. The van der Waals surface area contributed by atoms with Gasteiger partial charge in [0.2, 0.25) is 0 Å². The first-order valence-electron chi connectivity index (χ1n) is 7.28. The van der Waals surface area contributed by atoms with Crippen molar-refractivity contribution in [3.63, 3.8) is 0 Å². The maximum absolute atomic E-state index is 10.1. The Morgan fingerprint density at radius 1 is 1.22 bits per heavy atom. The van der Waals surface area contributed by atoms with Crippen LogP contribution < -0.4 is 5.73 Å². The smallest absolute Gasteiger partial charge is 0.0632 e. The molecular weight excluding hydrogens is 228 g/mol. The van der Waals surface area contributed by atoms with Crippen molar-refractivity contribution < 1.29 is 9.84 Å². The molecule has 0 aromatic rings. The summed E-state index contributed by atoms with van der Waals surface area (Å²) in [7, 11) is 0. The maximum Gasteiger partial charge on any atom is 0.0632 e. The SMILES string of the molecule is CC1(O)CCCN(CC2(CN)CCCOC2)CC1. The number of hydrogen-bond donors (Lipinski definition) is 2. The van der Waals surface area contributed by atoms with Gasteiger partial charge in [-0.05, 0) is 45.6 Å². The number of ether oxygens (including phenoxy) is 1. The molecule has 0 spiro atoms. The standard InChI is InChI=1S/C14H28N2O2/c1-13(17)4-2-7-16(8-6-13)11-14(10-15)5-3-9-18-12-14/h17H,2-12,15H2,1H3. The summed E-state index contributed by atoms with van der Waals surface area (Å²) in [4.78, 5) is 2.48. The second kappa shape index (κ2) is 5.87. The predicted octanol–water partition coefficient (Wildman–Crippen LogP) is 0.979. The molecule has 0 bridgehead atoms. The number of hydrogen-bond acceptors (Lipinski definition) is 4. The van der Waals surface area contributed by atoms with E-state index in [1.165, 1.54) is 6.42 Å². The van der Waals surface area contributed by atoms with Crippen molar-refractivity contribution in [1.82, 2.24) is 4.90 Å². The average molecular weight is 256 g/mol. The Bertz CT molecular complexity index is 263. The molecule has 4 nitrogen and oxygen atoms in total. The summed E-state index contributed by atoms with van der Waals surface area (Å²) in [5.41, 5.74) is 5.66. The van der Waals surface area contributed by atoms with Gasteiger partial charge in [0.15, 0.2) is 0 Å². The topological polar surface area (TPSA) is 58.7 Å². The molecule has 0 saturated carbocycles. The molecule has 2 atom stereocenters. The summed E-state index contributed by atoms with van der Waals surface area (Å²) in [6.07, 6.45) is 5.16. The van der Waals surface area contributed by atoms with Gasteiger partial charge in [-0.15, -0.1) is 0 Å². The summed E-state index contributed by atoms with van der Waals surface area (Å²) >= 11 is 0. The van der Waals surface area contributed by atoms with Crippen LogP contribution in [0.5, 0.6) is 0 Å². The first-order valence-corrected chi connectivity index (χ1v) is 7.28. The summed E-state index contributed by atoms with van der Waals surface area (Å²) in [5, 5.41) is 10.1. The molecular formula is C14H28N2O2. The van der Waals surface area contributed by atoms with Crippen molar-refractivity contribution in [3.8, 4) is 0 Å². The second-order valence-corrected chi connectivity index (χ2v) is 6.49. The quantitative estimate of drug-likeness (QED) is 0.790. The van der Waals surface area contributed by atoms with E-state index in [9.17, 15) is 5.11 Å². The Balaban J connectivity index is 1.91. The van der Waals surface area contributed by atoms with E-state index in [1.807, 2.05) is 6.92 Å². The van der Waals surface area contributed by atoms with E-state index in [0.29, 0.717) is 6.54 Å². The fourth-order valence-corrected chi connectivity index (χ4v) is 3.21. The molecule has 2 saturated heterocycles. The normalized spacial score (nSPS) is 39.5. The number of rotatable bonds is 3. The Kier molecular flexibility index (Phi) is 4.64. The van der Waals surface area contributed by atoms with Crippen molar-refractivity contribution in [1.29, 1.82) is 0 Å². The van der Waals surface area contributed by atoms with Gasteiger partial charge in [-0.2, -0.15) is 0 Å². The van der Waals surface area contributed by atoms with Crippen LogP contribution in [-0.2, 0) is 4.74 Å². The molecule has 2 fully saturated rings. The second-order valence-electron chi connectivity index (χ2n) is 6.49. The van der Waals surface area contributed by atoms with Gasteiger partial charge in [-0.1, -0.05) is 0 Å². The number of nitrogens with zero attached hydrogens (tertiary/aromatic N) is 1. The minimum absolute atomic E-state index is 0.147. The molecule has 0 radical (unpaired) electrons. The van der Waals surface area contributed by atoms with Gasteiger partial charge in [0.1, 0.15) is 0 Å². The van der Waals surface area contributed by atoms with Gasteiger partial charge in [0, 0.05) is 31.7 Å². The number of nitrogens with two attached hydrogens (primary N) is 1. The zero-order valence-corrected chi connectivity index (χ0v) is 11.7. The molecule has 2 heterocycles. The van der Waals surface area contributed by atoms with Gasteiger partial charge in [-0.3, -0.25) is 0 Å². The Hall–Kier alpha value is -0.160. The zero-order valence-electron chi connectivity index (χ0n) is 11.7. The van der Waals surface area contributed by atoms with E-state index in [4.69, 9.17) is 10.5 Å². The fraction of sp³-hybridized carbons (Fsp3) is 1.00. The van der Waals surface area contributed by atoms with Crippen LogP contribution in [0.4, 0.5) is 0 Å². The highest BCUT2D eigenvalue weighted by molar-refractivity contribution is 4.88. The Morgan fingerprint density at radius 3 is 2.72 bits per heavy atom. The molecule has 2 rings (SSSR count).